The average molecular weight is 392 g/mol. The first kappa shape index (κ1) is 16.4. The smallest absolute Gasteiger partial charge is 0.345 e. The fourth-order valence-corrected chi connectivity index (χ4v) is 4.10. The first-order valence-corrected chi connectivity index (χ1v) is 8.62. The second-order valence-electron chi connectivity index (χ2n) is 6.44. The maximum absolute atomic E-state index is 13.3. The first-order valence-electron chi connectivity index (χ1n) is 8.24. The van der Waals surface area contributed by atoms with E-state index in [1.807, 2.05) is 6.07 Å². The predicted octanol–water partition coefficient (Wildman–Crippen LogP) is 2.77. The lowest BCUT2D eigenvalue weighted by atomic mass is 9.69. The van der Waals surface area contributed by atoms with Crippen LogP contribution in [0, 0.1) is 11.3 Å². The number of hydrogen-bond donors (Lipinski definition) is 2. The number of amides is 1. The Morgan fingerprint density at radius 2 is 1.96 bits per heavy atom. The monoisotopic (exact) mass is 391 g/mol. The molecule has 136 valence electrons. The Balaban J connectivity index is 2.03. The number of halogens is 1. The van der Waals surface area contributed by atoms with Crippen molar-refractivity contribution in [3.05, 3.63) is 80.5 Å². The number of nitrogens with two attached hydrogens (primary N) is 1. The minimum atomic E-state index is -1.81. The number of para-hydroxylation sites is 1. The number of anilines is 1. The molecule has 28 heavy (non-hydrogen) atoms. The molecular formula is C20H10ClN3O4. The predicted molar refractivity (Wildman–Crippen MR) is 101 cm³/mol. The summed E-state index contributed by atoms with van der Waals surface area (Å²) in [5, 5.41) is 13.3. The molecule has 2 aliphatic heterocycles. The van der Waals surface area contributed by atoms with E-state index in [0.29, 0.717) is 21.7 Å². The highest BCUT2D eigenvalue weighted by Gasteiger charge is 2.58. The van der Waals surface area contributed by atoms with E-state index in [9.17, 15) is 14.9 Å². The topological polar surface area (TPSA) is 118 Å². The van der Waals surface area contributed by atoms with E-state index in [1.54, 1.807) is 36.4 Å². The molecule has 0 bridgehead atoms. The maximum Gasteiger partial charge on any atom is 0.345 e. The Bertz CT molecular complexity index is 1350. The molecule has 1 unspecified atom stereocenters. The maximum atomic E-state index is 13.3. The summed E-state index contributed by atoms with van der Waals surface area (Å²) in [6.45, 7) is 0. The molecule has 2 aliphatic rings. The highest BCUT2D eigenvalue weighted by molar-refractivity contribution is 6.31. The fraction of sp³-hybridized carbons (Fsp3) is 0.0500. The van der Waals surface area contributed by atoms with Gasteiger partial charge in [0.2, 0.25) is 11.8 Å². The van der Waals surface area contributed by atoms with Crippen molar-refractivity contribution in [1.29, 1.82) is 5.26 Å². The molecule has 5 rings (SSSR count). The number of nitrogens with one attached hydrogen (secondary N) is 1. The summed E-state index contributed by atoms with van der Waals surface area (Å²) in [4.78, 5) is 26.3. The van der Waals surface area contributed by atoms with Crippen molar-refractivity contribution < 1.29 is 13.9 Å². The van der Waals surface area contributed by atoms with Crippen LogP contribution in [0.1, 0.15) is 11.1 Å². The molecule has 0 saturated heterocycles. The fourth-order valence-electron chi connectivity index (χ4n) is 3.93. The van der Waals surface area contributed by atoms with Crippen LogP contribution in [0.15, 0.2) is 63.1 Å². The first-order chi connectivity index (χ1) is 13.5. The summed E-state index contributed by atoms with van der Waals surface area (Å²) < 4.78 is 11.1. The molecule has 7 nitrogen and oxygen atoms in total. The number of benzene rings is 2. The average Bonchev–Trinajstić information content (AvgIpc) is 2.94. The van der Waals surface area contributed by atoms with Gasteiger partial charge in [-0.1, -0.05) is 23.7 Å². The number of nitriles is 1. The number of nitrogens with zero attached hydrogens (tertiary/aromatic N) is 1. The summed E-state index contributed by atoms with van der Waals surface area (Å²) in [6.07, 6.45) is 0. The Morgan fingerprint density at radius 3 is 2.75 bits per heavy atom. The van der Waals surface area contributed by atoms with Gasteiger partial charge in [0.1, 0.15) is 22.8 Å². The lowest BCUT2D eigenvalue weighted by molar-refractivity contribution is -0.118. The summed E-state index contributed by atoms with van der Waals surface area (Å²) in [5.41, 5.74) is 4.20. The van der Waals surface area contributed by atoms with Gasteiger partial charge in [-0.05, 0) is 30.3 Å². The van der Waals surface area contributed by atoms with E-state index < -0.39 is 16.9 Å². The molecule has 1 atom stereocenters. The number of carbonyl (C=O) groups excluding carboxylic acids is 1. The molecule has 3 heterocycles. The quantitative estimate of drug-likeness (QED) is 0.569. The van der Waals surface area contributed by atoms with Crippen LogP contribution in [0.5, 0.6) is 5.75 Å². The van der Waals surface area contributed by atoms with Crippen molar-refractivity contribution in [2.75, 3.05) is 5.32 Å². The molecule has 1 spiro atoms. The van der Waals surface area contributed by atoms with Gasteiger partial charge in [-0.25, -0.2) is 4.79 Å². The number of rotatable bonds is 0. The molecule has 2 aromatic carbocycles. The molecule has 1 amide bonds. The van der Waals surface area contributed by atoms with Crippen molar-refractivity contribution >= 4 is 34.2 Å². The van der Waals surface area contributed by atoms with Crippen molar-refractivity contribution in [2.45, 2.75) is 5.41 Å². The zero-order valence-corrected chi connectivity index (χ0v) is 14.8. The van der Waals surface area contributed by atoms with Gasteiger partial charge in [-0.3, -0.25) is 4.79 Å². The molecule has 0 fully saturated rings. The lowest BCUT2D eigenvalue weighted by Crippen LogP contribution is -2.45. The van der Waals surface area contributed by atoms with Gasteiger partial charge in [0.25, 0.3) is 0 Å². The molecular weight excluding hydrogens is 382 g/mol. The second kappa shape index (κ2) is 5.38. The molecule has 3 N–H and O–H groups in total. The molecule has 0 aliphatic carbocycles. The Hall–Kier alpha value is -3.76. The van der Waals surface area contributed by atoms with Crippen molar-refractivity contribution in [3.8, 4) is 11.8 Å². The number of hydrogen-bond acceptors (Lipinski definition) is 6. The van der Waals surface area contributed by atoms with E-state index in [4.69, 9.17) is 26.5 Å². The van der Waals surface area contributed by atoms with Crippen LogP contribution in [-0.2, 0) is 10.2 Å². The zero-order valence-electron chi connectivity index (χ0n) is 14.1. The summed E-state index contributed by atoms with van der Waals surface area (Å²) in [7, 11) is 0. The largest absolute Gasteiger partial charge is 0.439 e. The van der Waals surface area contributed by atoms with Crippen LogP contribution in [-0.4, -0.2) is 5.91 Å². The van der Waals surface area contributed by atoms with E-state index in [0.717, 1.165) is 0 Å². The van der Waals surface area contributed by atoms with Gasteiger partial charge in [-0.15, -0.1) is 0 Å². The van der Waals surface area contributed by atoms with Crippen molar-refractivity contribution in [2.24, 2.45) is 5.73 Å². The van der Waals surface area contributed by atoms with Gasteiger partial charge >= 0.3 is 5.63 Å². The van der Waals surface area contributed by atoms with Crippen LogP contribution >= 0.6 is 11.6 Å². The highest BCUT2D eigenvalue weighted by Crippen LogP contribution is 2.53. The second-order valence-corrected chi connectivity index (χ2v) is 6.87. The zero-order chi connectivity index (χ0) is 19.6. The van der Waals surface area contributed by atoms with E-state index >= 15 is 0 Å². The highest BCUT2D eigenvalue weighted by atomic mass is 35.5. The van der Waals surface area contributed by atoms with Crippen LogP contribution < -0.4 is 21.4 Å². The number of ether oxygens (including phenoxy) is 1. The normalized spacial score (nSPS) is 19.8. The van der Waals surface area contributed by atoms with E-state index in [2.05, 4.69) is 5.32 Å². The lowest BCUT2D eigenvalue weighted by Gasteiger charge is -2.32. The van der Waals surface area contributed by atoms with Crippen molar-refractivity contribution in [1.82, 2.24) is 0 Å². The van der Waals surface area contributed by atoms with E-state index in [-0.39, 0.29) is 28.4 Å². The SMILES string of the molecule is N#CC1=C(N)Oc2c(c(=O)oc3ccccc23)C12C(=O)Nc1ccc(Cl)cc12. The Kier molecular flexibility index (Phi) is 3.15. The summed E-state index contributed by atoms with van der Waals surface area (Å²) in [5.74, 6) is -0.767. The van der Waals surface area contributed by atoms with Crippen LogP contribution in [0.25, 0.3) is 11.0 Å². The van der Waals surface area contributed by atoms with Gasteiger partial charge in [0.05, 0.1) is 5.39 Å². The van der Waals surface area contributed by atoms with Crippen LogP contribution in [0.3, 0.4) is 0 Å². The minimum Gasteiger partial charge on any atom is -0.439 e. The molecule has 1 aromatic heterocycles. The number of carbonyl (C=O) groups is 1. The number of fused-ring (bicyclic) bond motifs is 6. The molecule has 0 radical (unpaired) electrons. The van der Waals surface area contributed by atoms with Gasteiger partial charge in [0.15, 0.2) is 11.2 Å². The van der Waals surface area contributed by atoms with Crippen molar-refractivity contribution in [3.63, 3.8) is 0 Å². The summed E-state index contributed by atoms with van der Waals surface area (Å²) in [6, 6.07) is 13.4. The van der Waals surface area contributed by atoms with E-state index in [1.165, 1.54) is 6.07 Å². The summed E-state index contributed by atoms with van der Waals surface area (Å²) >= 11 is 6.16. The van der Waals surface area contributed by atoms with Crippen LogP contribution in [0.4, 0.5) is 5.69 Å². The Morgan fingerprint density at radius 1 is 1.18 bits per heavy atom. The van der Waals surface area contributed by atoms with Gasteiger partial charge < -0.3 is 20.2 Å². The third-order valence-electron chi connectivity index (χ3n) is 5.06. The molecule has 0 saturated carbocycles. The third-order valence-corrected chi connectivity index (χ3v) is 5.30. The van der Waals surface area contributed by atoms with Crippen LogP contribution in [0.2, 0.25) is 5.02 Å². The molecule has 8 heteroatoms. The minimum absolute atomic E-state index is 0.0892. The van der Waals surface area contributed by atoms with Gasteiger partial charge in [0, 0.05) is 16.3 Å². The van der Waals surface area contributed by atoms with Gasteiger partial charge in [-0.2, -0.15) is 5.26 Å². The standard InChI is InChI=1S/C20H10ClN3O4/c21-9-5-6-13-11(7-9)20(19(26)24-13)12(8-22)17(23)28-16-10-3-1-2-4-14(10)27-18(25)15(16)20/h1-7H,23H2,(H,24,26). The third kappa shape index (κ3) is 1.82. The Labute approximate surface area is 162 Å². The molecule has 3 aromatic rings.